The molecular formula is C15H23N3O3S2. The predicted molar refractivity (Wildman–Crippen MR) is 92.2 cm³/mol. The highest BCUT2D eigenvalue weighted by molar-refractivity contribution is 7.98. The van der Waals surface area contributed by atoms with Gasteiger partial charge in [-0.25, -0.2) is 17.7 Å². The molecule has 0 aromatic carbocycles. The number of sulfonamides is 1. The molecule has 23 heavy (non-hydrogen) atoms. The number of pyridine rings is 1. The highest BCUT2D eigenvalue weighted by Gasteiger charge is 2.28. The van der Waals surface area contributed by atoms with Crippen LogP contribution in [0, 0.1) is 0 Å². The summed E-state index contributed by atoms with van der Waals surface area (Å²) in [6.45, 7) is 2.80. The summed E-state index contributed by atoms with van der Waals surface area (Å²) < 4.78 is 25.6. The van der Waals surface area contributed by atoms with E-state index in [9.17, 15) is 13.2 Å². The zero-order valence-corrected chi connectivity index (χ0v) is 15.1. The molecule has 1 amide bonds. The van der Waals surface area contributed by atoms with Gasteiger partial charge in [0.05, 0.1) is 11.3 Å². The smallest absolute Gasteiger partial charge is 0.254 e. The zero-order valence-electron chi connectivity index (χ0n) is 13.5. The number of nitrogens with one attached hydrogen (secondary N) is 1. The fourth-order valence-electron chi connectivity index (χ4n) is 2.65. The topological polar surface area (TPSA) is 79.4 Å². The van der Waals surface area contributed by atoms with Gasteiger partial charge in [-0.05, 0) is 37.7 Å². The van der Waals surface area contributed by atoms with Gasteiger partial charge >= 0.3 is 0 Å². The SMILES string of the molecule is CCCS(=O)(=O)N1CCC(NC(=O)c2cccnc2SC)CC1. The number of amides is 1. The molecule has 0 spiro atoms. The number of thioether (sulfide) groups is 1. The van der Waals surface area contributed by atoms with E-state index in [4.69, 9.17) is 0 Å². The minimum absolute atomic E-state index is 0.00508. The Hall–Kier alpha value is -1.12. The van der Waals surface area contributed by atoms with E-state index in [0.717, 1.165) is 0 Å². The number of nitrogens with zero attached hydrogens (tertiary/aromatic N) is 2. The van der Waals surface area contributed by atoms with E-state index < -0.39 is 10.0 Å². The number of rotatable bonds is 6. The Morgan fingerprint density at radius 1 is 1.43 bits per heavy atom. The molecule has 0 atom stereocenters. The molecule has 1 saturated heterocycles. The Kier molecular flexibility index (Phi) is 6.43. The van der Waals surface area contributed by atoms with Gasteiger partial charge in [-0.3, -0.25) is 4.79 Å². The van der Waals surface area contributed by atoms with Crippen molar-refractivity contribution in [3.05, 3.63) is 23.9 Å². The van der Waals surface area contributed by atoms with Crippen molar-refractivity contribution in [1.82, 2.24) is 14.6 Å². The van der Waals surface area contributed by atoms with E-state index in [1.54, 1.807) is 18.3 Å². The van der Waals surface area contributed by atoms with Crippen LogP contribution in [0.3, 0.4) is 0 Å². The Morgan fingerprint density at radius 2 is 2.13 bits per heavy atom. The fraction of sp³-hybridized carbons (Fsp3) is 0.600. The lowest BCUT2D eigenvalue weighted by atomic mass is 10.1. The summed E-state index contributed by atoms with van der Waals surface area (Å²) in [6, 6.07) is 3.51. The van der Waals surface area contributed by atoms with Crippen LogP contribution in [-0.4, -0.2) is 54.8 Å². The Labute approximate surface area is 142 Å². The molecule has 1 aliphatic heterocycles. The summed E-state index contributed by atoms with van der Waals surface area (Å²) >= 11 is 1.44. The van der Waals surface area contributed by atoms with E-state index in [-0.39, 0.29) is 17.7 Å². The van der Waals surface area contributed by atoms with Crippen LogP contribution in [0.25, 0.3) is 0 Å². The number of aromatic nitrogens is 1. The fourth-order valence-corrected chi connectivity index (χ4v) is 4.74. The van der Waals surface area contributed by atoms with E-state index >= 15 is 0 Å². The third-order valence-corrected chi connectivity index (χ3v) is 6.64. The first kappa shape index (κ1) is 18.2. The van der Waals surface area contributed by atoms with Gasteiger partial charge in [0.1, 0.15) is 5.03 Å². The van der Waals surface area contributed by atoms with Crippen molar-refractivity contribution >= 4 is 27.7 Å². The molecule has 128 valence electrons. The van der Waals surface area contributed by atoms with Crippen molar-refractivity contribution in [2.45, 2.75) is 37.3 Å². The van der Waals surface area contributed by atoms with Gasteiger partial charge in [-0.1, -0.05) is 6.92 Å². The van der Waals surface area contributed by atoms with Crippen molar-refractivity contribution in [2.75, 3.05) is 25.1 Å². The third kappa shape index (κ3) is 4.68. The summed E-state index contributed by atoms with van der Waals surface area (Å²) in [4.78, 5) is 16.6. The molecule has 1 aliphatic rings. The number of piperidine rings is 1. The zero-order chi connectivity index (χ0) is 16.9. The van der Waals surface area contributed by atoms with Crippen molar-refractivity contribution in [1.29, 1.82) is 0 Å². The molecule has 1 N–H and O–H groups in total. The quantitative estimate of drug-likeness (QED) is 0.785. The molecule has 1 fully saturated rings. The number of hydrogen-bond donors (Lipinski definition) is 1. The van der Waals surface area contributed by atoms with Gasteiger partial charge in [0.2, 0.25) is 10.0 Å². The van der Waals surface area contributed by atoms with Gasteiger partial charge < -0.3 is 5.32 Å². The molecule has 6 nitrogen and oxygen atoms in total. The lowest BCUT2D eigenvalue weighted by molar-refractivity contribution is 0.0920. The predicted octanol–water partition coefficient (Wildman–Crippen LogP) is 1.74. The molecule has 1 aromatic heterocycles. The molecule has 0 unspecified atom stereocenters. The molecule has 0 radical (unpaired) electrons. The molecule has 8 heteroatoms. The number of carbonyl (C=O) groups is 1. The molecule has 1 aromatic rings. The lowest BCUT2D eigenvalue weighted by Crippen LogP contribution is -2.47. The van der Waals surface area contributed by atoms with Crippen LogP contribution in [0.15, 0.2) is 23.4 Å². The van der Waals surface area contributed by atoms with Crippen molar-refractivity contribution in [2.24, 2.45) is 0 Å². The second kappa shape index (κ2) is 8.12. The van der Waals surface area contributed by atoms with Crippen LogP contribution in [0.5, 0.6) is 0 Å². The van der Waals surface area contributed by atoms with Gasteiger partial charge in [0.15, 0.2) is 0 Å². The van der Waals surface area contributed by atoms with Gasteiger partial charge in [-0.15, -0.1) is 11.8 Å². The Bertz CT molecular complexity index is 641. The van der Waals surface area contributed by atoms with Crippen LogP contribution in [0.4, 0.5) is 0 Å². The average molecular weight is 358 g/mol. The largest absolute Gasteiger partial charge is 0.349 e. The molecule has 0 bridgehead atoms. The van der Waals surface area contributed by atoms with Crippen molar-refractivity contribution in [3.63, 3.8) is 0 Å². The minimum Gasteiger partial charge on any atom is -0.349 e. The van der Waals surface area contributed by atoms with E-state index in [1.165, 1.54) is 16.1 Å². The van der Waals surface area contributed by atoms with E-state index in [2.05, 4.69) is 10.3 Å². The first-order valence-electron chi connectivity index (χ1n) is 7.75. The maximum atomic E-state index is 12.4. The Balaban J connectivity index is 1.93. The van der Waals surface area contributed by atoms with Gasteiger partial charge in [0.25, 0.3) is 5.91 Å². The second-order valence-electron chi connectivity index (χ2n) is 5.52. The van der Waals surface area contributed by atoms with Gasteiger partial charge in [-0.2, -0.15) is 0 Å². The van der Waals surface area contributed by atoms with Crippen LogP contribution in [0.1, 0.15) is 36.5 Å². The maximum Gasteiger partial charge on any atom is 0.254 e. The number of hydrogen-bond acceptors (Lipinski definition) is 5. The lowest BCUT2D eigenvalue weighted by Gasteiger charge is -2.31. The molecule has 0 aliphatic carbocycles. The summed E-state index contributed by atoms with van der Waals surface area (Å²) in [6.07, 6.45) is 5.46. The summed E-state index contributed by atoms with van der Waals surface area (Å²) in [5, 5.41) is 3.70. The van der Waals surface area contributed by atoms with Crippen LogP contribution in [0.2, 0.25) is 0 Å². The summed E-state index contributed by atoms with van der Waals surface area (Å²) in [5.74, 6) is 0.0499. The Morgan fingerprint density at radius 3 is 2.74 bits per heavy atom. The monoisotopic (exact) mass is 357 g/mol. The highest BCUT2D eigenvalue weighted by Crippen LogP contribution is 2.19. The van der Waals surface area contributed by atoms with E-state index in [0.29, 0.717) is 42.9 Å². The first-order valence-corrected chi connectivity index (χ1v) is 10.6. The maximum absolute atomic E-state index is 12.4. The second-order valence-corrected chi connectivity index (χ2v) is 8.41. The molecule has 2 rings (SSSR count). The minimum atomic E-state index is -3.14. The van der Waals surface area contributed by atoms with Crippen molar-refractivity contribution < 1.29 is 13.2 Å². The molecular weight excluding hydrogens is 334 g/mol. The number of carbonyl (C=O) groups excluding carboxylic acids is 1. The normalized spacial score (nSPS) is 17.1. The average Bonchev–Trinajstić information content (AvgIpc) is 2.55. The standard InChI is InChI=1S/C15H23N3O3S2/c1-3-11-23(20,21)18-9-6-12(7-10-18)17-14(19)13-5-4-8-16-15(13)22-2/h4-5,8,12H,3,6-7,9-11H2,1-2H3,(H,17,19). The highest BCUT2D eigenvalue weighted by atomic mass is 32.2. The van der Waals surface area contributed by atoms with E-state index in [1.807, 2.05) is 13.2 Å². The summed E-state index contributed by atoms with van der Waals surface area (Å²) in [5.41, 5.74) is 0.570. The van der Waals surface area contributed by atoms with Crippen LogP contribution >= 0.6 is 11.8 Å². The summed E-state index contributed by atoms with van der Waals surface area (Å²) in [7, 11) is -3.14. The van der Waals surface area contributed by atoms with Crippen LogP contribution < -0.4 is 5.32 Å². The van der Waals surface area contributed by atoms with Crippen LogP contribution in [-0.2, 0) is 10.0 Å². The van der Waals surface area contributed by atoms with Crippen molar-refractivity contribution in [3.8, 4) is 0 Å². The van der Waals surface area contributed by atoms with Gasteiger partial charge in [0, 0.05) is 25.3 Å². The molecule has 2 heterocycles. The third-order valence-electron chi connectivity index (χ3n) is 3.85. The molecule has 0 saturated carbocycles. The first-order chi connectivity index (χ1) is 11.0.